The Morgan fingerprint density at radius 1 is 1.29 bits per heavy atom. The van der Waals surface area contributed by atoms with Crippen LogP contribution in [-0.2, 0) is 0 Å². The molecule has 118 valence electrons. The summed E-state index contributed by atoms with van der Waals surface area (Å²) in [7, 11) is 0. The zero-order valence-corrected chi connectivity index (χ0v) is 13.8. The Hall–Kier alpha value is -0.860. The Morgan fingerprint density at radius 3 is 2.62 bits per heavy atom. The van der Waals surface area contributed by atoms with Crippen LogP contribution in [0.4, 0.5) is 0 Å². The average molecular weight is 289 g/mol. The number of benzene rings is 1. The quantitative estimate of drug-likeness (QED) is 0.818. The van der Waals surface area contributed by atoms with E-state index in [9.17, 15) is 5.11 Å². The molecule has 0 saturated heterocycles. The van der Waals surface area contributed by atoms with Crippen molar-refractivity contribution in [1.29, 1.82) is 0 Å². The first-order valence-corrected chi connectivity index (χ1v) is 8.49. The highest BCUT2D eigenvalue weighted by molar-refractivity contribution is 5.19. The van der Waals surface area contributed by atoms with Crippen molar-refractivity contribution in [2.45, 2.75) is 64.5 Å². The third-order valence-corrected chi connectivity index (χ3v) is 4.65. The summed E-state index contributed by atoms with van der Waals surface area (Å²) in [5.74, 6) is 1.29. The highest BCUT2D eigenvalue weighted by Crippen LogP contribution is 2.32. The van der Waals surface area contributed by atoms with E-state index in [-0.39, 0.29) is 0 Å². The van der Waals surface area contributed by atoms with Gasteiger partial charge in [0.05, 0.1) is 5.60 Å². The minimum absolute atomic E-state index is 0.340. The zero-order valence-electron chi connectivity index (χ0n) is 13.8. The summed E-state index contributed by atoms with van der Waals surface area (Å²) in [5, 5.41) is 14.5. The van der Waals surface area contributed by atoms with E-state index in [0.29, 0.717) is 24.4 Å². The lowest BCUT2D eigenvalue weighted by molar-refractivity contribution is -0.0142. The Kier molecular flexibility index (Phi) is 5.83. The lowest BCUT2D eigenvalue weighted by Gasteiger charge is -2.37. The van der Waals surface area contributed by atoms with Gasteiger partial charge < -0.3 is 10.4 Å². The first-order chi connectivity index (χ1) is 9.98. The van der Waals surface area contributed by atoms with Crippen molar-refractivity contribution in [3.05, 3.63) is 35.9 Å². The monoisotopic (exact) mass is 289 g/mol. The maximum Gasteiger partial charge on any atom is 0.0774 e. The van der Waals surface area contributed by atoms with E-state index in [1.165, 1.54) is 12.0 Å². The summed E-state index contributed by atoms with van der Waals surface area (Å²) >= 11 is 0. The van der Waals surface area contributed by atoms with Gasteiger partial charge in [0.25, 0.3) is 0 Å². The van der Waals surface area contributed by atoms with Gasteiger partial charge in [0, 0.05) is 12.6 Å². The van der Waals surface area contributed by atoms with Crippen LogP contribution in [0.15, 0.2) is 30.3 Å². The molecule has 1 aliphatic rings. The van der Waals surface area contributed by atoms with Crippen molar-refractivity contribution >= 4 is 0 Å². The number of rotatable bonds is 6. The molecule has 1 aromatic carbocycles. The molecule has 0 radical (unpaired) electrons. The molecule has 1 saturated carbocycles. The van der Waals surface area contributed by atoms with E-state index in [4.69, 9.17) is 0 Å². The lowest BCUT2D eigenvalue weighted by Crippen LogP contribution is -2.45. The number of nitrogens with one attached hydrogen (secondary N) is 1. The largest absolute Gasteiger partial charge is 0.389 e. The molecule has 3 atom stereocenters. The van der Waals surface area contributed by atoms with Crippen LogP contribution in [0.5, 0.6) is 0 Å². The van der Waals surface area contributed by atoms with Gasteiger partial charge in [0.15, 0.2) is 0 Å². The number of hydrogen-bond donors (Lipinski definition) is 2. The maximum atomic E-state index is 10.8. The van der Waals surface area contributed by atoms with Gasteiger partial charge in [-0.25, -0.2) is 0 Å². The molecular weight excluding hydrogens is 258 g/mol. The smallest absolute Gasteiger partial charge is 0.0774 e. The average Bonchev–Trinajstić information content (AvgIpc) is 2.44. The molecule has 0 heterocycles. The molecule has 0 aromatic heterocycles. The molecular formula is C19H31NO. The van der Waals surface area contributed by atoms with E-state index < -0.39 is 5.60 Å². The molecule has 0 bridgehead atoms. The van der Waals surface area contributed by atoms with Gasteiger partial charge in [-0.15, -0.1) is 0 Å². The molecule has 0 aliphatic heterocycles. The van der Waals surface area contributed by atoms with Gasteiger partial charge in [0.2, 0.25) is 0 Å². The SMILES string of the molecule is CC(C)CC(NCC1(O)CCCC(C)C1)c1ccccc1. The summed E-state index contributed by atoms with van der Waals surface area (Å²) in [6.07, 6.45) is 5.39. The van der Waals surface area contributed by atoms with Crippen molar-refractivity contribution in [3.8, 4) is 0 Å². The summed E-state index contributed by atoms with van der Waals surface area (Å²) in [6.45, 7) is 7.49. The second kappa shape index (κ2) is 7.42. The van der Waals surface area contributed by atoms with Crippen LogP contribution in [0.25, 0.3) is 0 Å². The Bertz CT molecular complexity index is 417. The van der Waals surface area contributed by atoms with Crippen LogP contribution in [-0.4, -0.2) is 17.3 Å². The van der Waals surface area contributed by atoms with E-state index in [0.717, 1.165) is 25.7 Å². The minimum Gasteiger partial charge on any atom is -0.389 e. The summed E-state index contributed by atoms with van der Waals surface area (Å²) in [5.41, 5.74) is 0.820. The summed E-state index contributed by atoms with van der Waals surface area (Å²) in [6, 6.07) is 11.0. The summed E-state index contributed by atoms with van der Waals surface area (Å²) < 4.78 is 0. The van der Waals surface area contributed by atoms with E-state index in [1.807, 2.05) is 0 Å². The van der Waals surface area contributed by atoms with Crippen molar-refractivity contribution in [3.63, 3.8) is 0 Å². The second-order valence-corrected chi connectivity index (χ2v) is 7.40. The van der Waals surface area contributed by atoms with Crippen LogP contribution in [0.3, 0.4) is 0 Å². The molecule has 2 heteroatoms. The maximum absolute atomic E-state index is 10.8. The normalized spacial score (nSPS) is 27.8. The van der Waals surface area contributed by atoms with Crippen LogP contribution in [0.1, 0.15) is 64.5 Å². The Labute approximate surface area is 130 Å². The van der Waals surface area contributed by atoms with Gasteiger partial charge in [-0.1, -0.05) is 63.9 Å². The zero-order chi connectivity index (χ0) is 15.3. The van der Waals surface area contributed by atoms with E-state index in [1.54, 1.807) is 0 Å². The number of hydrogen-bond acceptors (Lipinski definition) is 2. The highest BCUT2D eigenvalue weighted by atomic mass is 16.3. The first-order valence-electron chi connectivity index (χ1n) is 8.49. The Morgan fingerprint density at radius 2 is 2.00 bits per heavy atom. The van der Waals surface area contributed by atoms with Gasteiger partial charge in [-0.2, -0.15) is 0 Å². The number of aliphatic hydroxyl groups is 1. The lowest BCUT2D eigenvalue weighted by atomic mass is 9.78. The third kappa shape index (κ3) is 5.12. The van der Waals surface area contributed by atoms with Crippen molar-refractivity contribution in [1.82, 2.24) is 5.32 Å². The van der Waals surface area contributed by atoms with Crippen molar-refractivity contribution < 1.29 is 5.11 Å². The fourth-order valence-corrected chi connectivity index (χ4v) is 3.60. The van der Waals surface area contributed by atoms with Gasteiger partial charge in [-0.3, -0.25) is 0 Å². The minimum atomic E-state index is -0.512. The molecule has 1 fully saturated rings. The molecule has 1 aromatic rings. The fourth-order valence-electron chi connectivity index (χ4n) is 3.60. The topological polar surface area (TPSA) is 32.3 Å². The highest BCUT2D eigenvalue weighted by Gasteiger charge is 2.33. The molecule has 2 nitrogen and oxygen atoms in total. The predicted octanol–water partition coefficient (Wildman–Crippen LogP) is 4.30. The van der Waals surface area contributed by atoms with Gasteiger partial charge in [-0.05, 0) is 36.7 Å². The molecule has 3 unspecified atom stereocenters. The van der Waals surface area contributed by atoms with E-state index in [2.05, 4.69) is 56.4 Å². The van der Waals surface area contributed by atoms with Gasteiger partial charge in [0.1, 0.15) is 0 Å². The van der Waals surface area contributed by atoms with E-state index >= 15 is 0 Å². The van der Waals surface area contributed by atoms with Crippen molar-refractivity contribution in [2.75, 3.05) is 6.54 Å². The predicted molar refractivity (Wildman–Crippen MR) is 89.2 cm³/mol. The van der Waals surface area contributed by atoms with Crippen LogP contribution in [0.2, 0.25) is 0 Å². The second-order valence-electron chi connectivity index (χ2n) is 7.40. The molecule has 21 heavy (non-hydrogen) atoms. The molecule has 0 amide bonds. The molecule has 2 rings (SSSR count). The van der Waals surface area contributed by atoms with Crippen LogP contribution in [0, 0.1) is 11.8 Å². The molecule has 1 aliphatic carbocycles. The van der Waals surface area contributed by atoms with Crippen LogP contribution < -0.4 is 5.32 Å². The fraction of sp³-hybridized carbons (Fsp3) is 0.684. The molecule has 2 N–H and O–H groups in total. The first kappa shape index (κ1) is 16.5. The van der Waals surface area contributed by atoms with Crippen LogP contribution >= 0.6 is 0 Å². The van der Waals surface area contributed by atoms with Gasteiger partial charge >= 0.3 is 0 Å². The Balaban J connectivity index is 1.99. The molecule has 0 spiro atoms. The third-order valence-electron chi connectivity index (χ3n) is 4.65. The van der Waals surface area contributed by atoms with Crippen molar-refractivity contribution in [2.24, 2.45) is 11.8 Å². The summed E-state index contributed by atoms with van der Waals surface area (Å²) in [4.78, 5) is 0. The standard InChI is InChI=1S/C19H31NO/c1-15(2)12-18(17-9-5-4-6-10-17)20-14-19(21)11-7-8-16(3)13-19/h4-6,9-10,15-16,18,20-21H,7-8,11-14H2,1-3H3.